The SMILES string of the molecule is c1ccc2c(-c3c4c(nc5ccccc35)N=N4)cccc2c1. The van der Waals surface area contributed by atoms with Gasteiger partial charge in [0.1, 0.15) is 5.69 Å². The first-order valence-electron chi connectivity index (χ1n) is 7.24. The van der Waals surface area contributed by atoms with E-state index in [0.717, 1.165) is 28.0 Å². The van der Waals surface area contributed by atoms with Crippen molar-refractivity contribution in [1.29, 1.82) is 0 Å². The van der Waals surface area contributed by atoms with Crippen LogP contribution in [0.5, 0.6) is 0 Å². The fraction of sp³-hybridized carbons (Fsp3) is 0. The van der Waals surface area contributed by atoms with Gasteiger partial charge in [-0.15, -0.1) is 10.2 Å². The third-order valence-electron chi connectivity index (χ3n) is 4.15. The summed E-state index contributed by atoms with van der Waals surface area (Å²) in [6, 6.07) is 23.0. The van der Waals surface area contributed by atoms with Crippen molar-refractivity contribution < 1.29 is 0 Å². The summed E-state index contributed by atoms with van der Waals surface area (Å²) in [5.74, 6) is 0.738. The first-order valence-corrected chi connectivity index (χ1v) is 7.24. The second-order valence-electron chi connectivity index (χ2n) is 5.40. The second-order valence-corrected chi connectivity index (χ2v) is 5.40. The van der Waals surface area contributed by atoms with Crippen LogP contribution in [0.25, 0.3) is 32.8 Å². The average molecular weight is 281 g/mol. The molecule has 0 N–H and O–H groups in total. The van der Waals surface area contributed by atoms with Crippen LogP contribution >= 0.6 is 0 Å². The Balaban J connectivity index is 1.97. The van der Waals surface area contributed by atoms with Crippen LogP contribution in [0, 0.1) is 0 Å². The van der Waals surface area contributed by atoms with Crippen LogP contribution in [0.3, 0.4) is 0 Å². The Kier molecular flexibility index (Phi) is 2.22. The van der Waals surface area contributed by atoms with Crippen molar-refractivity contribution in [3.05, 3.63) is 66.7 Å². The van der Waals surface area contributed by atoms with Gasteiger partial charge in [0.05, 0.1) is 5.52 Å². The zero-order valence-electron chi connectivity index (χ0n) is 11.7. The molecule has 3 aromatic carbocycles. The molecular weight excluding hydrogens is 270 g/mol. The molecule has 102 valence electrons. The molecule has 1 aromatic heterocycles. The third kappa shape index (κ3) is 1.48. The zero-order valence-corrected chi connectivity index (χ0v) is 11.7. The minimum atomic E-state index is 0.738. The highest BCUT2D eigenvalue weighted by atomic mass is 15.2. The van der Waals surface area contributed by atoms with E-state index >= 15 is 0 Å². The van der Waals surface area contributed by atoms with Gasteiger partial charge in [0, 0.05) is 10.9 Å². The van der Waals surface area contributed by atoms with E-state index in [1.54, 1.807) is 0 Å². The van der Waals surface area contributed by atoms with E-state index in [0.29, 0.717) is 0 Å². The summed E-state index contributed by atoms with van der Waals surface area (Å²) in [7, 11) is 0. The van der Waals surface area contributed by atoms with Crippen LogP contribution in [0.1, 0.15) is 0 Å². The maximum absolute atomic E-state index is 4.57. The number of rotatable bonds is 1. The Morgan fingerprint density at radius 1 is 0.636 bits per heavy atom. The fourth-order valence-corrected chi connectivity index (χ4v) is 3.12. The van der Waals surface area contributed by atoms with Gasteiger partial charge in [-0.1, -0.05) is 60.7 Å². The van der Waals surface area contributed by atoms with Crippen molar-refractivity contribution in [2.45, 2.75) is 0 Å². The Morgan fingerprint density at radius 2 is 1.41 bits per heavy atom. The van der Waals surface area contributed by atoms with Gasteiger partial charge >= 0.3 is 0 Å². The largest absolute Gasteiger partial charge is 0.225 e. The molecule has 1 aliphatic heterocycles. The summed E-state index contributed by atoms with van der Waals surface area (Å²) in [6.45, 7) is 0. The molecule has 0 fully saturated rings. The summed E-state index contributed by atoms with van der Waals surface area (Å²) < 4.78 is 0. The van der Waals surface area contributed by atoms with E-state index < -0.39 is 0 Å². The smallest absolute Gasteiger partial charge is 0.203 e. The van der Waals surface area contributed by atoms with Crippen LogP contribution in [0.4, 0.5) is 11.5 Å². The number of pyridine rings is 1. The predicted molar refractivity (Wildman–Crippen MR) is 88.9 cm³/mol. The Bertz CT molecular complexity index is 1080. The van der Waals surface area contributed by atoms with Crippen molar-refractivity contribution in [3.63, 3.8) is 0 Å². The summed E-state index contributed by atoms with van der Waals surface area (Å²) in [6.07, 6.45) is 0. The quantitative estimate of drug-likeness (QED) is 0.383. The molecule has 3 heteroatoms. The minimum Gasteiger partial charge on any atom is -0.225 e. The van der Waals surface area contributed by atoms with Gasteiger partial charge < -0.3 is 0 Å². The molecule has 0 aliphatic carbocycles. The number of hydrogen-bond acceptors (Lipinski definition) is 3. The lowest BCUT2D eigenvalue weighted by atomic mass is 9.94. The van der Waals surface area contributed by atoms with Crippen LogP contribution in [-0.2, 0) is 0 Å². The summed E-state index contributed by atoms with van der Waals surface area (Å²) in [5.41, 5.74) is 4.18. The first kappa shape index (κ1) is 11.6. The number of hydrogen-bond donors (Lipinski definition) is 0. The highest BCUT2D eigenvalue weighted by Gasteiger charge is 2.22. The van der Waals surface area contributed by atoms with E-state index in [1.807, 2.05) is 18.2 Å². The molecule has 22 heavy (non-hydrogen) atoms. The topological polar surface area (TPSA) is 37.6 Å². The van der Waals surface area contributed by atoms with Crippen LogP contribution < -0.4 is 0 Å². The number of aromatic nitrogens is 1. The molecule has 0 bridgehead atoms. The number of para-hydroxylation sites is 1. The lowest BCUT2D eigenvalue weighted by Crippen LogP contribution is -1.92. The molecule has 0 amide bonds. The highest BCUT2D eigenvalue weighted by Crippen LogP contribution is 2.48. The van der Waals surface area contributed by atoms with Crippen molar-refractivity contribution >= 4 is 33.2 Å². The molecule has 0 radical (unpaired) electrons. The maximum atomic E-state index is 4.57. The van der Waals surface area contributed by atoms with Crippen LogP contribution in [0.2, 0.25) is 0 Å². The van der Waals surface area contributed by atoms with Gasteiger partial charge in [0.25, 0.3) is 0 Å². The number of nitrogens with zero attached hydrogens (tertiary/aromatic N) is 3. The van der Waals surface area contributed by atoms with E-state index in [2.05, 4.69) is 63.7 Å². The monoisotopic (exact) mass is 281 g/mol. The van der Waals surface area contributed by atoms with Gasteiger partial charge in [0.2, 0.25) is 5.82 Å². The Labute approximate surface area is 127 Å². The van der Waals surface area contributed by atoms with Crippen LogP contribution in [0.15, 0.2) is 77.0 Å². The van der Waals surface area contributed by atoms with Crippen molar-refractivity contribution in [1.82, 2.24) is 4.98 Å². The van der Waals surface area contributed by atoms with Crippen molar-refractivity contribution in [2.75, 3.05) is 0 Å². The van der Waals surface area contributed by atoms with E-state index in [4.69, 9.17) is 0 Å². The summed E-state index contributed by atoms with van der Waals surface area (Å²) in [5, 5.41) is 11.9. The number of benzene rings is 3. The Morgan fingerprint density at radius 3 is 2.27 bits per heavy atom. The van der Waals surface area contributed by atoms with Gasteiger partial charge in [-0.05, 0) is 22.4 Å². The summed E-state index contributed by atoms with van der Waals surface area (Å²) >= 11 is 0. The molecule has 3 nitrogen and oxygen atoms in total. The Hall–Kier alpha value is -3.07. The molecule has 1 aliphatic rings. The highest BCUT2D eigenvalue weighted by molar-refractivity contribution is 6.10. The molecule has 0 saturated heterocycles. The van der Waals surface area contributed by atoms with Gasteiger partial charge in [0.15, 0.2) is 0 Å². The predicted octanol–water partition coefficient (Wildman–Crippen LogP) is 5.78. The maximum Gasteiger partial charge on any atom is 0.203 e. The normalized spacial score (nSPS) is 12.4. The molecule has 0 atom stereocenters. The van der Waals surface area contributed by atoms with Crippen molar-refractivity contribution in [2.24, 2.45) is 10.2 Å². The zero-order chi connectivity index (χ0) is 14.5. The molecule has 2 heterocycles. The molecule has 0 spiro atoms. The molecule has 5 rings (SSSR count). The lowest BCUT2D eigenvalue weighted by molar-refractivity contribution is 1.09. The minimum absolute atomic E-state index is 0.738. The van der Waals surface area contributed by atoms with Gasteiger partial charge in [-0.3, -0.25) is 0 Å². The second kappa shape index (κ2) is 4.21. The lowest BCUT2D eigenvalue weighted by Gasteiger charge is -2.16. The molecule has 0 unspecified atom stereocenters. The molecular formula is C19H11N3. The standard InChI is InChI=1S/C19H11N3/c1-2-8-13-12(6-1)7-5-10-14(13)17-15-9-3-4-11-16(15)20-19-18(17)21-22-19/h1-11H. The third-order valence-corrected chi connectivity index (χ3v) is 4.15. The van der Waals surface area contributed by atoms with Crippen molar-refractivity contribution in [3.8, 4) is 11.1 Å². The van der Waals surface area contributed by atoms with Gasteiger partial charge in [-0.25, -0.2) is 4.98 Å². The molecule has 0 saturated carbocycles. The average Bonchev–Trinajstić information content (AvgIpc) is 2.56. The number of fused-ring (bicyclic) bond motifs is 3. The van der Waals surface area contributed by atoms with E-state index in [1.165, 1.54) is 16.3 Å². The van der Waals surface area contributed by atoms with E-state index in [-0.39, 0.29) is 0 Å². The number of azo groups is 1. The van der Waals surface area contributed by atoms with Gasteiger partial charge in [-0.2, -0.15) is 0 Å². The molecule has 4 aromatic rings. The van der Waals surface area contributed by atoms with Crippen LogP contribution in [-0.4, -0.2) is 4.98 Å². The summed E-state index contributed by atoms with van der Waals surface area (Å²) in [4.78, 5) is 4.57. The van der Waals surface area contributed by atoms with E-state index in [9.17, 15) is 0 Å². The first-order chi connectivity index (χ1) is 10.9. The fourth-order valence-electron chi connectivity index (χ4n) is 3.12.